The molecule has 0 saturated heterocycles. The van der Waals surface area contributed by atoms with E-state index >= 15 is 0 Å². The molecule has 12 nitrogen and oxygen atoms in total. The topological polar surface area (TPSA) is 119 Å². The molecule has 0 fully saturated rings. The van der Waals surface area contributed by atoms with E-state index in [-0.39, 0.29) is 18.5 Å². The molecule has 0 aromatic heterocycles. The van der Waals surface area contributed by atoms with Crippen molar-refractivity contribution in [2.45, 2.75) is 136 Å². The van der Waals surface area contributed by atoms with E-state index in [0.29, 0.717) is 126 Å². The molecule has 12 heteroatoms. The van der Waals surface area contributed by atoms with E-state index in [4.69, 9.17) is 52.1 Å². The Balaban J connectivity index is 3.12. The van der Waals surface area contributed by atoms with E-state index in [9.17, 15) is 4.79 Å². The number of carbonyl (C=O) groups excluding carboxylic acids is 1. The van der Waals surface area contributed by atoms with Crippen molar-refractivity contribution in [3.8, 4) is 0 Å². The maximum absolute atomic E-state index is 12.0. The highest BCUT2D eigenvalue weighted by molar-refractivity contribution is 5.72. The molecule has 0 aromatic carbocycles. The zero-order chi connectivity index (χ0) is 40.5. The summed E-state index contributed by atoms with van der Waals surface area (Å²) in [5.74, 6) is -0.118. The predicted molar refractivity (Wildman–Crippen MR) is 223 cm³/mol. The lowest BCUT2D eigenvalue weighted by molar-refractivity contribution is -0.150. The van der Waals surface area contributed by atoms with Crippen LogP contribution in [0.5, 0.6) is 0 Å². The highest BCUT2D eigenvalue weighted by Gasteiger charge is 2.17. The third kappa shape index (κ3) is 45.8. The van der Waals surface area contributed by atoms with Crippen molar-refractivity contribution in [3.63, 3.8) is 0 Å². The van der Waals surface area contributed by atoms with Gasteiger partial charge in [-0.25, -0.2) is 0 Å². The molecule has 0 amide bonds. The number of rotatable bonds is 50. The lowest BCUT2D eigenvalue weighted by Crippen LogP contribution is -2.20. The largest absolute Gasteiger partial charge is 0.463 e. The quantitative estimate of drug-likeness (QED) is 0.0434. The Labute approximate surface area is 343 Å². The average Bonchev–Trinajstić information content (AvgIpc) is 3.21. The highest BCUT2D eigenvalue weighted by atomic mass is 16.6. The van der Waals surface area contributed by atoms with Gasteiger partial charge in [-0.1, -0.05) is 117 Å². The molecule has 0 rings (SSSR count). The SMILES string of the molecule is CCCCCCCCCCCCCCCCOCCOCCOCCOCCOCCOCCOCCOCCOCCOCCOC(=O)C(CC)CCCC. The van der Waals surface area contributed by atoms with Crippen LogP contribution in [0.4, 0.5) is 0 Å². The second kappa shape index (κ2) is 50.2. The number of ether oxygens (including phenoxy) is 11. The molecule has 0 saturated carbocycles. The molecule has 336 valence electrons. The Bertz CT molecular complexity index is 732. The van der Waals surface area contributed by atoms with Gasteiger partial charge in [0.15, 0.2) is 0 Å². The maximum Gasteiger partial charge on any atom is 0.308 e. The normalized spacial score (nSPS) is 12.1. The Morgan fingerprint density at radius 2 is 0.554 bits per heavy atom. The number of carbonyl (C=O) groups is 1. The van der Waals surface area contributed by atoms with Gasteiger partial charge in [0.1, 0.15) is 6.61 Å². The molecule has 0 spiro atoms. The summed E-state index contributed by atoms with van der Waals surface area (Å²) in [5, 5.41) is 0. The minimum atomic E-state index is -0.116. The molecule has 0 heterocycles. The van der Waals surface area contributed by atoms with Crippen LogP contribution in [-0.2, 0) is 56.9 Å². The van der Waals surface area contributed by atoms with Crippen LogP contribution in [0.15, 0.2) is 0 Å². The zero-order valence-electron chi connectivity index (χ0n) is 36.6. The van der Waals surface area contributed by atoms with Gasteiger partial charge in [0.25, 0.3) is 0 Å². The Morgan fingerprint density at radius 1 is 0.304 bits per heavy atom. The Morgan fingerprint density at radius 3 is 0.839 bits per heavy atom. The summed E-state index contributed by atoms with van der Waals surface area (Å²) in [6, 6.07) is 0. The van der Waals surface area contributed by atoms with Gasteiger partial charge in [-0.3, -0.25) is 4.79 Å². The first-order valence-corrected chi connectivity index (χ1v) is 22.7. The number of unbranched alkanes of at least 4 members (excludes halogenated alkanes) is 14. The fourth-order valence-corrected chi connectivity index (χ4v) is 5.74. The van der Waals surface area contributed by atoms with Gasteiger partial charge < -0.3 is 52.1 Å². The summed E-state index contributed by atoms with van der Waals surface area (Å²) < 4.78 is 60.6. The Kier molecular flexibility index (Phi) is 49.4. The number of hydrogen-bond acceptors (Lipinski definition) is 12. The average molecular weight is 809 g/mol. The van der Waals surface area contributed by atoms with Gasteiger partial charge >= 0.3 is 5.97 Å². The first kappa shape index (κ1) is 55.1. The maximum atomic E-state index is 12.0. The second-order valence-corrected chi connectivity index (χ2v) is 14.1. The lowest BCUT2D eigenvalue weighted by atomic mass is 10.00. The van der Waals surface area contributed by atoms with E-state index in [2.05, 4.69) is 13.8 Å². The lowest BCUT2D eigenvalue weighted by Gasteiger charge is -2.13. The van der Waals surface area contributed by atoms with E-state index in [1.807, 2.05) is 6.92 Å². The first-order valence-electron chi connectivity index (χ1n) is 22.7. The van der Waals surface area contributed by atoms with Gasteiger partial charge in [0.2, 0.25) is 0 Å². The first-order chi connectivity index (χ1) is 27.8. The van der Waals surface area contributed by atoms with Crippen LogP contribution in [0.1, 0.15) is 136 Å². The third-order valence-corrected chi connectivity index (χ3v) is 9.19. The van der Waals surface area contributed by atoms with Crippen molar-refractivity contribution in [2.24, 2.45) is 5.92 Å². The van der Waals surface area contributed by atoms with Crippen LogP contribution < -0.4 is 0 Å². The molecular weight excluding hydrogens is 720 g/mol. The molecule has 0 aliphatic carbocycles. The molecule has 56 heavy (non-hydrogen) atoms. The second-order valence-electron chi connectivity index (χ2n) is 14.1. The molecule has 0 radical (unpaired) electrons. The summed E-state index contributed by atoms with van der Waals surface area (Å²) in [6.45, 7) is 17.4. The highest BCUT2D eigenvalue weighted by Crippen LogP contribution is 2.15. The van der Waals surface area contributed by atoms with Crippen LogP contribution in [0.3, 0.4) is 0 Å². The van der Waals surface area contributed by atoms with Crippen LogP contribution in [0.25, 0.3) is 0 Å². The summed E-state index contributed by atoms with van der Waals surface area (Å²) >= 11 is 0. The minimum absolute atomic E-state index is 0.00153. The fraction of sp³-hybridized carbons (Fsp3) is 0.977. The molecule has 0 N–H and O–H groups in total. The van der Waals surface area contributed by atoms with E-state index in [0.717, 1.165) is 38.7 Å². The third-order valence-electron chi connectivity index (χ3n) is 9.19. The summed E-state index contributed by atoms with van der Waals surface area (Å²) in [4.78, 5) is 12.0. The van der Waals surface area contributed by atoms with Gasteiger partial charge in [-0.15, -0.1) is 0 Å². The molecule has 1 unspecified atom stereocenters. The molecule has 1 atom stereocenters. The smallest absolute Gasteiger partial charge is 0.308 e. The summed E-state index contributed by atoms with van der Waals surface area (Å²) in [5.41, 5.74) is 0. The van der Waals surface area contributed by atoms with Crippen LogP contribution in [0, 0.1) is 5.92 Å². The minimum Gasteiger partial charge on any atom is -0.463 e. The molecule has 0 aliphatic heterocycles. The molecular formula is C44H88O12. The van der Waals surface area contributed by atoms with Crippen molar-refractivity contribution in [1.82, 2.24) is 0 Å². The van der Waals surface area contributed by atoms with Crippen molar-refractivity contribution in [2.75, 3.05) is 139 Å². The van der Waals surface area contributed by atoms with Crippen LogP contribution in [0.2, 0.25) is 0 Å². The van der Waals surface area contributed by atoms with Crippen LogP contribution in [-0.4, -0.2) is 145 Å². The van der Waals surface area contributed by atoms with E-state index in [1.54, 1.807) is 0 Å². The fourth-order valence-electron chi connectivity index (χ4n) is 5.74. The van der Waals surface area contributed by atoms with Crippen LogP contribution >= 0.6 is 0 Å². The van der Waals surface area contributed by atoms with Gasteiger partial charge in [-0.2, -0.15) is 0 Å². The van der Waals surface area contributed by atoms with Crippen molar-refractivity contribution in [3.05, 3.63) is 0 Å². The summed E-state index contributed by atoms with van der Waals surface area (Å²) in [6.07, 6.45) is 23.1. The predicted octanol–water partition coefficient (Wildman–Crippen LogP) is 8.39. The molecule has 0 aliphatic rings. The number of esters is 1. The van der Waals surface area contributed by atoms with Crippen molar-refractivity contribution in [1.29, 1.82) is 0 Å². The van der Waals surface area contributed by atoms with E-state index in [1.165, 1.54) is 83.5 Å². The summed E-state index contributed by atoms with van der Waals surface area (Å²) in [7, 11) is 0. The standard InChI is InChI=1S/C44H88O12/c1-4-7-9-10-11-12-13-14-15-16-17-18-19-20-22-46-23-24-47-25-26-48-27-28-49-29-30-50-31-32-51-33-34-52-35-36-53-37-38-54-39-40-55-41-42-56-44(45)43(6-3)21-8-5-2/h43H,4-42H2,1-3H3. The zero-order valence-corrected chi connectivity index (χ0v) is 36.6. The van der Waals surface area contributed by atoms with E-state index < -0.39 is 0 Å². The number of hydrogen-bond donors (Lipinski definition) is 0. The van der Waals surface area contributed by atoms with Gasteiger partial charge in [0.05, 0.1) is 131 Å². The van der Waals surface area contributed by atoms with Crippen molar-refractivity contribution < 1.29 is 56.9 Å². The Hall–Kier alpha value is -0.930. The van der Waals surface area contributed by atoms with Gasteiger partial charge in [0, 0.05) is 6.61 Å². The molecule has 0 bridgehead atoms. The molecule has 0 aromatic rings. The van der Waals surface area contributed by atoms with Crippen molar-refractivity contribution >= 4 is 5.97 Å². The van der Waals surface area contributed by atoms with Gasteiger partial charge in [-0.05, 0) is 19.3 Å². The monoisotopic (exact) mass is 809 g/mol.